The molecule has 3 aromatic rings. The van der Waals surface area contributed by atoms with Gasteiger partial charge in [-0.15, -0.1) is 0 Å². The molecular formula is C26H30N2O3. The fraction of sp³-hybridized carbons (Fsp3) is 0.346. The van der Waals surface area contributed by atoms with Gasteiger partial charge in [-0.2, -0.15) is 0 Å². The largest absolute Gasteiger partial charge is 0.469 e. The second-order valence-electron chi connectivity index (χ2n) is 7.87. The Hall–Kier alpha value is -2.89. The van der Waals surface area contributed by atoms with E-state index in [1.807, 2.05) is 29.2 Å². The van der Waals surface area contributed by atoms with E-state index in [1.54, 1.807) is 6.26 Å². The highest BCUT2D eigenvalue weighted by Gasteiger charge is 2.21. The molecule has 5 heteroatoms. The second-order valence-corrected chi connectivity index (χ2v) is 7.87. The van der Waals surface area contributed by atoms with Crippen molar-refractivity contribution in [2.45, 2.75) is 18.9 Å². The van der Waals surface area contributed by atoms with Gasteiger partial charge >= 0.3 is 0 Å². The molecule has 162 valence electrons. The lowest BCUT2D eigenvalue weighted by atomic mass is 10.0. The Bertz CT molecular complexity index is 865. The number of hydrogen-bond acceptors (Lipinski definition) is 4. The van der Waals surface area contributed by atoms with Crippen LogP contribution in [0, 0.1) is 0 Å². The number of nitrogens with zero attached hydrogens (tertiary/aromatic N) is 2. The molecule has 1 saturated heterocycles. The van der Waals surface area contributed by atoms with E-state index in [0.29, 0.717) is 19.4 Å². The number of amides is 1. The van der Waals surface area contributed by atoms with Crippen molar-refractivity contribution in [2.24, 2.45) is 0 Å². The molecule has 1 fully saturated rings. The van der Waals surface area contributed by atoms with Crippen molar-refractivity contribution in [3.05, 3.63) is 95.9 Å². The number of hydrogen-bond donors (Lipinski definition) is 0. The van der Waals surface area contributed by atoms with Gasteiger partial charge in [-0.25, -0.2) is 0 Å². The second kappa shape index (κ2) is 10.9. The van der Waals surface area contributed by atoms with Gasteiger partial charge in [-0.3, -0.25) is 9.69 Å². The molecule has 2 heterocycles. The standard InChI is InChI=1S/C26H30N2O3/c29-25(14-13-24-12-7-20-30-24)28-17-15-27(16-18-28)19-21-31-26(22-8-3-1-4-9-22)23-10-5-2-6-11-23/h1-12,20,26H,13-19,21H2. The number of carbonyl (C=O) groups excluding carboxylic acids is 1. The van der Waals surface area contributed by atoms with Gasteiger partial charge in [0.25, 0.3) is 0 Å². The third kappa shape index (κ3) is 6.06. The number of carbonyl (C=O) groups is 1. The molecule has 1 aliphatic rings. The van der Waals surface area contributed by atoms with E-state index in [9.17, 15) is 4.79 Å². The monoisotopic (exact) mass is 418 g/mol. The van der Waals surface area contributed by atoms with E-state index < -0.39 is 0 Å². The van der Waals surface area contributed by atoms with Crippen molar-refractivity contribution in [2.75, 3.05) is 39.3 Å². The minimum Gasteiger partial charge on any atom is -0.469 e. The van der Waals surface area contributed by atoms with Crippen molar-refractivity contribution in [1.29, 1.82) is 0 Å². The average Bonchev–Trinajstić information content (AvgIpc) is 3.36. The third-order valence-electron chi connectivity index (χ3n) is 5.79. The average molecular weight is 419 g/mol. The zero-order valence-corrected chi connectivity index (χ0v) is 17.9. The van der Waals surface area contributed by atoms with E-state index in [1.165, 1.54) is 11.1 Å². The van der Waals surface area contributed by atoms with Gasteiger partial charge in [0.15, 0.2) is 0 Å². The molecule has 0 radical (unpaired) electrons. The molecule has 4 rings (SSSR count). The highest BCUT2D eigenvalue weighted by atomic mass is 16.5. The van der Waals surface area contributed by atoms with Crippen LogP contribution >= 0.6 is 0 Å². The SMILES string of the molecule is O=C(CCc1ccco1)N1CCN(CCOC(c2ccccc2)c2ccccc2)CC1. The fourth-order valence-corrected chi connectivity index (χ4v) is 4.00. The Morgan fingerprint density at radius 1 is 0.871 bits per heavy atom. The van der Waals surface area contributed by atoms with E-state index in [4.69, 9.17) is 9.15 Å². The first kappa shape index (κ1) is 21.3. The number of rotatable bonds is 9. The van der Waals surface area contributed by atoms with Crippen LogP contribution in [0.1, 0.15) is 29.4 Å². The van der Waals surface area contributed by atoms with Crippen molar-refractivity contribution in [3.63, 3.8) is 0 Å². The van der Waals surface area contributed by atoms with Crippen molar-refractivity contribution < 1.29 is 13.9 Å². The van der Waals surface area contributed by atoms with E-state index in [-0.39, 0.29) is 12.0 Å². The van der Waals surface area contributed by atoms with Crippen molar-refractivity contribution >= 4 is 5.91 Å². The number of ether oxygens (including phenoxy) is 1. The van der Waals surface area contributed by atoms with Crippen molar-refractivity contribution in [3.8, 4) is 0 Å². The maximum absolute atomic E-state index is 12.5. The highest BCUT2D eigenvalue weighted by molar-refractivity contribution is 5.76. The summed E-state index contributed by atoms with van der Waals surface area (Å²) in [5.74, 6) is 1.08. The number of benzene rings is 2. The van der Waals surface area contributed by atoms with Gasteiger partial charge in [-0.1, -0.05) is 60.7 Å². The summed E-state index contributed by atoms with van der Waals surface area (Å²) in [4.78, 5) is 16.8. The molecule has 1 amide bonds. The zero-order chi connectivity index (χ0) is 21.3. The van der Waals surface area contributed by atoms with E-state index in [0.717, 1.165) is 38.5 Å². The maximum atomic E-state index is 12.5. The minimum atomic E-state index is -0.0631. The Kier molecular flexibility index (Phi) is 7.53. The van der Waals surface area contributed by atoms with Crippen LogP contribution in [0.2, 0.25) is 0 Å². The van der Waals surface area contributed by atoms with Crippen molar-refractivity contribution in [1.82, 2.24) is 9.80 Å². The molecule has 0 unspecified atom stereocenters. The summed E-state index contributed by atoms with van der Waals surface area (Å²) < 4.78 is 11.7. The summed E-state index contributed by atoms with van der Waals surface area (Å²) in [6.07, 6.45) is 2.76. The molecule has 0 atom stereocenters. The van der Waals surface area contributed by atoms with Gasteiger partial charge in [0, 0.05) is 45.6 Å². The molecule has 0 spiro atoms. The molecule has 5 nitrogen and oxygen atoms in total. The molecule has 0 bridgehead atoms. The van der Waals surface area contributed by atoms with E-state index >= 15 is 0 Å². The van der Waals surface area contributed by atoms with Gasteiger partial charge in [-0.05, 0) is 23.3 Å². The lowest BCUT2D eigenvalue weighted by Gasteiger charge is -2.35. The smallest absolute Gasteiger partial charge is 0.223 e. The normalized spacial score (nSPS) is 14.8. The van der Waals surface area contributed by atoms with Crippen LogP contribution in [-0.2, 0) is 16.0 Å². The topological polar surface area (TPSA) is 45.9 Å². The highest BCUT2D eigenvalue weighted by Crippen LogP contribution is 2.25. The van der Waals surface area contributed by atoms with Gasteiger partial charge in [0.1, 0.15) is 11.9 Å². The van der Waals surface area contributed by atoms with Crippen LogP contribution in [-0.4, -0.2) is 55.0 Å². The predicted molar refractivity (Wildman–Crippen MR) is 121 cm³/mol. The van der Waals surface area contributed by atoms with Crippen LogP contribution in [0.25, 0.3) is 0 Å². The Balaban J connectivity index is 1.23. The van der Waals surface area contributed by atoms with Crippen LogP contribution in [0.15, 0.2) is 83.5 Å². The Morgan fingerprint density at radius 3 is 2.10 bits per heavy atom. The number of piperazine rings is 1. The molecule has 0 aliphatic carbocycles. The van der Waals surface area contributed by atoms with Crippen LogP contribution in [0.3, 0.4) is 0 Å². The molecule has 0 N–H and O–H groups in total. The molecular weight excluding hydrogens is 388 g/mol. The number of furan rings is 1. The van der Waals surface area contributed by atoms with E-state index in [2.05, 4.69) is 53.4 Å². The summed E-state index contributed by atoms with van der Waals surface area (Å²) in [5.41, 5.74) is 2.33. The first-order valence-electron chi connectivity index (χ1n) is 11.0. The maximum Gasteiger partial charge on any atom is 0.223 e. The quantitative estimate of drug-likeness (QED) is 0.523. The molecule has 1 aromatic heterocycles. The Morgan fingerprint density at radius 2 is 1.52 bits per heavy atom. The zero-order valence-electron chi connectivity index (χ0n) is 17.9. The number of aryl methyl sites for hydroxylation is 1. The first-order chi connectivity index (χ1) is 15.3. The fourth-order valence-electron chi connectivity index (χ4n) is 4.00. The summed E-state index contributed by atoms with van der Waals surface area (Å²) in [6, 6.07) is 24.5. The lowest BCUT2D eigenvalue weighted by molar-refractivity contribution is -0.133. The summed E-state index contributed by atoms with van der Waals surface area (Å²) >= 11 is 0. The summed E-state index contributed by atoms with van der Waals surface area (Å²) in [6.45, 7) is 4.84. The Labute approximate surface area is 184 Å². The third-order valence-corrected chi connectivity index (χ3v) is 5.79. The lowest BCUT2D eigenvalue weighted by Crippen LogP contribution is -2.49. The van der Waals surface area contributed by atoms with Gasteiger partial charge in [0.05, 0.1) is 12.9 Å². The summed E-state index contributed by atoms with van der Waals surface area (Å²) in [7, 11) is 0. The minimum absolute atomic E-state index is 0.0631. The van der Waals surface area contributed by atoms with Gasteiger partial charge < -0.3 is 14.1 Å². The summed E-state index contributed by atoms with van der Waals surface area (Å²) in [5, 5.41) is 0. The van der Waals surface area contributed by atoms with Crippen LogP contribution in [0.4, 0.5) is 0 Å². The molecule has 0 saturated carbocycles. The van der Waals surface area contributed by atoms with Gasteiger partial charge in [0.2, 0.25) is 5.91 Å². The molecule has 31 heavy (non-hydrogen) atoms. The molecule has 2 aromatic carbocycles. The van der Waals surface area contributed by atoms with Crippen LogP contribution in [0.5, 0.6) is 0 Å². The first-order valence-corrected chi connectivity index (χ1v) is 11.0. The predicted octanol–water partition coefficient (Wildman–Crippen LogP) is 4.16. The molecule has 1 aliphatic heterocycles. The van der Waals surface area contributed by atoms with Crippen LogP contribution < -0.4 is 0 Å².